The Morgan fingerprint density at radius 1 is 1.19 bits per heavy atom. The summed E-state index contributed by atoms with van der Waals surface area (Å²) >= 11 is 0. The monoisotopic (exact) mass is 227 g/mol. The molecule has 0 bridgehead atoms. The Hall–Kier alpha value is -0.570. The fraction of sp³-hybridized carbons (Fsp3) is 0.923. The Morgan fingerprint density at radius 3 is 2.25 bits per heavy atom. The number of carbonyl (C=O) groups is 1. The van der Waals surface area contributed by atoms with Crippen LogP contribution in [0.2, 0.25) is 0 Å². The van der Waals surface area contributed by atoms with Crippen LogP contribution in [0.25, 0.3) is 0 Å². The quantitative estimate of drug-likeness (QED) is 0.594. The van der Waals surface area contributed by atoms with E-state index in [4.69, 9.17) is 4.84 Å². The summed E-state index contributed by atoms with van der Waals surface area (Å²) in [5.41, 5.74) is 2.24. The lowest BCUT2D eigenvalue weighted by molar-refractivity contribution is -0.146. The van der Waals surface area contributed by atoms with Crippen molar-refractivity contribution in [3.05, 3.63) is 0 Å². The molecular formula is C13H25NO2. The van der Waals surface area contributed by atoms with Crippen molar-refractivity contribution in [3.8, 4) is 0 Å². The Kier molecular flexibility index (Phi) is 5.26. The van der Waals surface area contributed by atoms with Crippen LogP contribution in [0.5, 0.6) is 0 Å². The third kappa shape index (κ3) is 6.11. The molecule has 0 aliphatic heterocycles. The highest BCUT2D eigenvalue weighted by Crippen LogP contribution is 2.25. The molecule has 0 heterocycles. The van der Waals surface area contributed by atoms with E-state index in [2.05, 4.69) is 5.48 Å². The molecule has 1 rings (SSSR count). The van der Waals surface area contributed by atoms with E-state index >= 15 is 0 Å². The Labute approximate surface area is 98.9 Å². The Bertz CT molecular complexity index is 212. The maximum Gasteiger partial charge on any atom is 0.243 e. The maximum absolute atomic E-state index is 11.6. The molecule has 0 saturated heterocycles. The van der Waals surface area contributed by atoms with Crippen molar-refractivity contribution in [2.75, 3.05) is 0 Å². The first-order chi connectivity index (χ1) is 7.47. The molecule has 0 atom stereocenters. The molecular weight excluding hydrogens is 202 g/mol. The van der Waals surface area contributed by atoms with Gasteiger partial charge in [0.2, 0.25) is 5.91 Å². The van der Waals surface area contributed by atoms with Gasteiger partial charge in [0.1, 0.15) is 0 Å². The molecule has 0 aromatic heterocycles. The summed E-state index contributed by atoms with van der Waals surface area (Å²) in [4.78, 5) is 16.9. The smallest absolute Gasteiger partial charge is 0.243 e. The van der Waals surface area contributed by atoms with E-state index in [1.165, 1.54) is 38.5 Å². The van der Waals surface area contributed by atoms with E-state index < -0.39 is 0 Å². The minimum absolute atomic E-state index is 0.0295. The standard InChI is InChI=1S/C13H25NO2/c1-13(2,3)16-14-12(15)10-11-8-6-4-5-7-9-11/h11H,4-10H2,1-3H3,(H,14,15). The van der Waals surface area contributed by atoms with Crippen molar-refractivity contribution in [1.82, 2.24) is 5.48 Å². The lowest BCUT2D eigenvalue weighted by Crippen LogP contribution is -2.34. The van der Waals surface area contributed by atoms with Gasteiger partial charge in [0.15, 0.2) is 0 Å². The summed E-state index contributed by atoms with van der Waals surface area (Å²) in [6.07, 6.45) is 8.23. The van der Waals surface area contributed by atoms with Gasteiger partial charge in [-0.3, -0.25) is 9.63 Å². The summed E-state index contributed by atoms with van der Waals surface area (Å²) in [7, 11) is 0. The average Bonchev–Trinajstić information content (AvgIpc) is 2.42. The van der Waals surface area contributed by atoms with E-state index in [1.54, 1.807) is 0 Å². The molecule has 94 valence electrons. The first-order valence-corrected chi connectivity index (χ1v) is 6.44. The van der Waals surface area contributed by atoms with Crippen molar-refractivity contribution >= 4 is 5.91 Å². The van der Waals surface area contributed by atoms with Gasteiger partial charge < -0.3 is 0 Å². The molecule has 1 aliphatic carbocycles. The average molecular weight is 227 g/mol. The van der Waals surface area contributed by atoms with Crippen LogP contribution in [0.4, 0.5) is 0 Å². The number of nitrogens with one attached hydrogen (secondary N) is 1. The topological polar surface area (TPSA) is 38.3 Å². The van der Waals surface area contributed by atoms with Crippen molar-refractivity contribution in [2.24, 2.45) is 5.92 Å². The third-order valence-electron chi connectivity index (χ3n) is 2.92. The van der Waals surface area contributed by atoms with Gasteiger partial charge in [-0.25, -0.2) is 5.48 Å². The number of carbonyl (C=O) groups excluding carboxylic acids is 1. The van der Waals surface area contributed by atoms with Crippen LogP contribution in [0.3, 0.4) is 0 Å². The molecule has 0 unspecified atom stereocenters. The second-order valence-electron chi connectivity index (χ2n) is 5.80. The fourth-order valence-corrected chi connectivity index (χ4v) is 2.08. The van der Waals surface area contributed by atoms with E-state index in [0.717, 1.165) is 0 Å². The SMILES string of the molecule is CC(C)(C)ONC(=O)CC1CCCCCC1. The molecule has 0 aromatic carbocycles. The van der Waals surface area contributed by atoms with Crippen LogP contribution in [-0.4, -0.2) is 11.5 Å². The molecule has 1 amide bonds. The zero-order valence-corrected chi connectivity index (χ0v) is 10.8. The minimum atomic E-state index is -0.306. The van der Waals surface area contributed by atoms with Crippen LogP contribution in [0.1, 0.15) is 65.7 Å². The molecule has 0 radical (unpaired) electrons. The van der Waals surface area contributed by atoms with Gasteiger partial charge in [-0.1, -0.05) is 25.7 Å². The van der Waals surface area contributed by atoms with Crippen molar-refractivity contribution in [3.63, 3.8) is 0 Å². The summed E-state index contributed by atoms with van der Waals surface area (Å²) in [5.74, 6) is 0.591. The van der Waals surface area contributed by atoms with Gasteiger partial charge in [-0.15, -0.1) is 0 Å². The summed E-state index contributed by atoms with van der Waals surface area (Å²) in [6.45, 7) is 5.79. The highest BCUT2D eigenvalue weighted by molar-refractivity contribution is 5.75. The van der Waals surface area contributed by atoms with E-state index in [0.29, 0.717) is 12.3 Å². The van der Waals surface area contributed by atoms with Gasteiger partial charge in [-0.05, 0) is 39.5 Å². The summed E-state index contributed by atoms with van der Waals surface area (Å²) in [5, 5.41) is 0. The van der Waals surface area contributed by atoms with Gasteiger partial charge in [0, 0.05) is 6.42 Å². The molecule has 1 N–H and O–H groups in total. The van der Waals surface area contributed by atoms with Gasteiger partial charge in [-0.2, -0.15) is 0 Å². The number of amides is 1. The third-order valence-corrected chi connectivity index (χ3v) is 2.92. The van der Waals surface area contributed by atoms with Crippen LogP contribution in [-0.2, 0) is 9.63 Å². The highest BCUT2D eigenvalue weighted by atomic mass is 16.7. The zero-order valence-electron chi connectivity index (χ0n) is 10.8. The normalized spacial score (nSPS) is 19.2. The molecule has 0 aromatic rings. The molecule has 1 saturated carbocycles. The molecule has 16 heavy (non-hydrogen) atoms. The van der Waals surface area contributed by atoms with E-state index in [9.17, 15) is 4.79 Å². The maximum atomic E-state index is 11.6. The molecule has 1 aliphatic rings. The minimum Gasteiger partial charge on any atom is -0.273 e. The molecule has 0 spiro atoms. The first-order valence-electron chi connectivity index (χ1n) is 6.44. The number of rotatable bonds is 3. The van der Waals surface area contributed by atoms with E-state index in [-0.39, 0.29) is 11.5 Å². The Morgan fingerprint density at radius 2 is 1.75 bits per heavy atom. The Balaban J connectivity index is 2.22. The lowest BCUT2D eigenvalue weighted by atomic mass is 9.96. The van der Waals surface area contributed by atoms with Crippen molar-refractivity contribution < 1.29 is 9.63 Å². The molecule has 1 fully saturated rings. The van der Waals surface area contributed by atoms with Crippen LogP contribution in [0, 0.1) is 5.92 Å². The number of hydrogen-bond donors (Lipinski definition) is 1. The van der Waals surface area contributed by atoms with Crippen molar-refractivity contribution in [2.45, 2.75) is 71.3 Å². The second kappa shape index (κ2) is 6.24. The van der Waals surface area contributed by atoms with Gasteiger partial charge in [0.05, 0.1) is 5.60 Å². The van der Waals surface area contributed by atoms with Crippen LogP contribution in [0.15, 0.2) is 0 Å². The lowest BCUT2D eigenvalue weighted by Gasteiger charge is -2.20. The predicted octanol–water partition coefficient (Wildman–Crippen LogP) is 3.19. The van der Waals surface area contributed by atoms with Crippen LogP contribution < -0.4 is 5.48 Å². The fourth-order valence-electron chi connectivity index (χ4n) is 2.08. The largest absolute Gasteiger partial charge is 0.273 e. The first kappa shape index (κ1) is 13.5. The van der Waals surface area contributed by atoms with Gasteiger partial charge in [0.25, 0.3) is 0 Å². The highest BCUT2D eigenvalue weighted by Gasteiger charge is 2.18. The molecule has 3 nitrogen and oxygen atoms in total. The van der Waals surface area contributed by atoms with Gasteiger partial charge >= 0.3 is 0 Å². The zero-order chi connectivity index (χ0) is 12.0. The molecule has 3 heteroatoms. The number of hydrogen-bond acceptors (Lipinski definition) is 2. The van der Waals surface area contributed by atoms with Crippen LogP contribution >= 0.6 is 0 Å². The second-order valence-corrected chi connectivity index (χ2v) is 5.80. The summed E-state index contributed by atoms with van der Waals surface area (Å²) in [6, 6.07) is 0. The van der Waals surface area contributed by atoms with Crippen molar-refractivity contribution in [1.29, 1.82) is 0 Å². The summed E-state index contributed by atoms with van der Waals surface area (Å²) < 4.78 is 0. The predicted molar refractivity (Wildman–Crippen MR) is 64.8 cm³/mol. The number of hydroxylamine groups is 1. The van der Waals surface area contributed by atoms with E-state index in [1.807, 2.05) is 20.8 Å².